The average molecular weight is 239 g/mol. The Labute approximate surface area is 98.6 Å². The molecule has 1 N–H and O–H groups in total. The van der Waals surface area contributed by atoms with Gasteiger partial charge in [-0.1, -0.05) is 24.3 Å². The van der Waals surface area contributed by atoms with Gasteiger partial charge in [-0.3, -0.25) is 0 Å². The number of nitrogens with zero attached hydrogens (tertiary/aromatic N) is 1. The second-order valence-electron chi connectivity index (χ2n) is 4.08. The van der Waals surface area contributed by atoms with Crippen molar-refractivity contribution in [1.29, 1.82) is 0 Å². The summed E-state index contributed by atoms with van der Waals surface area (Å²) in [5, 5.41) is 8.81. The largest absolute Gasteiger partial charge is 0.465 e. The normalized spacial score (nSPS) is 22.9. The van der Waals surface area contributed by atoms with E-state index in [4.69, 9.17) is 9.84 Å². The van der Waals surface area contributed by atoms with E-state index in [-0.39, 0.29) is 19.3 Å². The van der Waals surface area contributed by atoms with E-state index in [1.807, 2.05) is 0 Å². The fourth-order valence-corrected chi connectivity index (χ4v) is 1.95. The van der Waals surface area contributed by atoms with E-state index >= 15 is 0 Å². The molecule has 1 amide bonds. The molecule has 1 heterocycles. The second-order valence-corrected chi connectivity index (χ2v) is 4.08. The van der Waals surface area contributed by atoms with Gasteiger partial charge in [-0.15, -0.1) is 0 Å². The molecule has 5 heteroatoms. The molecule has 2 rings (SSSR count). The van der Waals surface area contributed by atoms with Crippen LogP contribution in [0.4, 0.5) is 9.18 Å². The van der Waals surface area contributed by atoms with Gasteiger partial charge in [0.2, 0.25) is 0 Å². The van der Waals surface area contributed by atoms with Crippen molar-refractivity contribution in [3.63, 3.8) is 0 Å². The summed E-state index contributed by atoms with van der Waals surface area (Å²) in [5.41, 5.74) is 1.34. The van der Waals surface area contributed by atoms with Crippen LogP contribution in [0.2, 0.25) is 0 Å². The van der Waals surface area contributed by atoms with Crippen molar-refractivity contribution in [2.75, 3.05) is 20.2 Å². The first-order chi connectivity index (χ1) is 8.09. The van der Waals surface area contributed by atoms with Crippen LogP contribution in [0.25, 0.3) is 0 Å². The highest BCUT2D eigenvalue weighted by Gasteiger charge is 2.28. The Morgan fingerprint density at radius 2 is 2.18 bits per heavy atom. The third-order valence-corrected chi connectivity index (χ3v) is 2.89. The van der Waals surface area contributed by atoms with Crippen molar-refractivity contribution < 1.29 is 19.0 Å². The zero-order valence-electron chi connectivity index (χ0n) is 9.47. The minimum Gasteiger partial charge on any atom is -0.465 e. The van der Waals surface area contributed by atoms with E-state index in [0.717, 1.165) is 10.5 Å². The molecule has 17 heavy (non-hydrogen) atoms. The molecule has 0 fully saturated rings. The van der Waals surface area contributed by atoms with E-state index < -0.39 is 12.3 Å². The van der Waals surface area contributed by atoms with Crippen molar-refractivity contribution in [2.45, 2.75) is 12.3 Å². The number of halogens is 1. The first-order valence-corrected chi connectivity index (χ1v) is 5.38. The monoisotopic (exact) mass is 239 g/mol. The molecule has 92 valence electrons. The van der Waals surface area contributed by atoms with Gasteiger partial charge >= 0.3 is 6.09 Å². The molecule has 2 atom stereocenters. The number of likely N-dealkylation sites (N-methyl/N-ethyl adjacent to an activating group) is 1. The quantitative estimate of drug-likeness (QED) is 0.862. The first kappa shape index (κ1) is 11.9. The lowest BCUT2D eigenvalue weighted by molar-refractivity contribution is -0.0136. The molecule has 0 spiro atoms. The summed E-state index contributed by atoms with van der Waals surface area (Å²) in [7, 11) is 1.47. The van der Waals surface area contributed by atoms with Gasteiger partial charge in [0.25, 0.3) is 0 Å². The number of alkyl halides is 1. The predicted molar refractivity (Wildman–Crippen MR) is 59.6 cm³/mol. The molecule has 1 aromatic rings. The SMILES string of the molecule is CN(CC1OCC(F)c2ccccc21)C(=O)O. The van der Waals surface area contributed by atoms with E-state index in [0.29, 0.717) is 5.56 Å². The fraction of sp³-hybridized carbons (Fsp3) is 0.417. The number of ether oxygens (including phenoxy) is 1. The van der Waals surface area contributed by atoms with Crippen molar-refractivity contribution in [3.8, 4) is 0 Å². The molecule has 0 radical (unpaired) electrons. The summed E-state index contributed by atoms with van der Waals surface area (Å²) in [6.07, 6.45) is -2.54. The maximum absolute atomic E-state index is 13.6. The zero-order valence-corrected chi connectivity index (χ0v) is 9.47. The summed E-state index contributed by atoms with van der Waals surface area (Å²) in [4.78, 5) is 11.9. The maximum Gasteiger partial charge on any atom is 0.407 e. The summed E-state index contributed by atoms with van der Waals surface area (Å²) in [6, 6.07) is 7.07. The minimum absolute atomic E-state index is 0.0187. The van der Waals surface area contributed by atoms with Crippen molar-refractivity contribution in [1.82, 2.24) is 4.90 Å². The molecule has 1 aliphatic rings. The Bertz CT molecular complexity index is 424. The second kappa shape index (κ2) is 4.71. The van der Waals surface area contributed by atoms with Crippen LogP contribution in [0.1, 0.15) is 23.4 Å². The van der Waals surface area contributed by atoms with E-state index in [1.54, 1.807) is 24.3 Å². The van der Waals surface area contributed by atoms with Crippen LogP contribution in [0, 0.1) is 0 Å². The molecular formula is C12H14FNO3. The Kier molecular flexibility index (Phi) is 3.28. The summed E-state index contributed by atoms with van der Waals surface area (Å²) < 4.78 is 18.9. The third-order valence-electron chi connectivity index (χ3n) is 2.89. The number of rotatable bonds is 2. The number of hydrogen-bond acceptors (Lipinski definition) is 2. The van der Waals surface area contributed by atoms with Crippen molar-refractivity contribution >= 4 is 6.09 Å². The number of amides is 1. The molecule has 0 aromatic heterocycles. The lowest BCUT2D eigenvalue weighted by atomic mass is 9.96. The maximum atomic E-state index is 13.6. The zero-order chi connectivity index (χ0) is 12.4. The van der Waals surface area contributed by atoms with Gasteiger partial charge in [0, 0.05) is 7.05 Å². The topological polar surface area (TPSA) is 49.8 Å². The number of fused-ring (bicyclic) bond motifs is 1. The molecule has 2 unspecified atom stereocenters. The Morgan fingerprint density at radius 1 is 1.53 bits per heavy atom. The van der Waals surface area contributed by atoms with Crippen LogP contribution in [0.3, 0.4) is 0 Å². The van der Waals surface area contributed by atoms with Gasteiger partial charge in [-0.2, -0.15) is 0 Å². The first-order valence-electron chi connectivity index (χ1n) is 5.38. The van der Waals surface area contributed by atoms with E-state index in [9.17, 15) is 9.18 Å². The molecule has 0 saturated carbocycles. The highest BCUT2D eigenvalue weighted by atomic mass is 19.1. The molecule has 1 aromatic carbocycles. The lowest BCUT2D eigenvalue weighted by Gasteiger charge is -2.30. The number of hydrogen-bond donors (Lipinski definition) is 1. The minimum atomic E-state index is -1.13. The van der Waals surface area contributed by atoms with Crippen LogP contribution in [-0.2, 0) is 4.74 Å². The summed E-state index contributed by atoms with van der Waals surface area (Å²) in [5.74, 6) is 0. The van der Waals surface area contributed by atoms with E-state index in [2.05, 4.69) is 0 Å². The van der Waals surface area contributed by atoms with Crippen molar-refractivity contribution in [3.05, 3.63) is 35.4 Å². The van der Waals surface area contributed by atoms with Gasteiger partial charge in [0.15, 0.2) is 0 Å². The number of benzene rings is 1. The molecule has 0 saturated heterocycles. The molecule has 1 aliphatic heterocycles. The number of carboxylic acid groups (broad SMARTS) is 1. The highest BCUT2D eigenvalue weighted by Crippen LogP contribution is 2.34. The highest BCUT2D eigenvalue weighted by molar-refractivity contribution is 5.64. The van der Waals surface area contributed by atoms with Crippen LogP contribution in [-0.4, -0.2) is 36.3 Å². The van der Waals surface area contributed by atoms with Crippen LogP contribution in [0.5, 0.6) is 0 Å². The summed E-state index contributed by atoms with van der Waals surface area (Å²) in [6.45, 7) is 0.189. The van der Waals surface area contributed by atoms with Crippen LogP contribution in [0.15, 0.2) is 24.3 Å². The smallest absolute Gasteiger partial charge is 0.407 e. The van der Waals surface area contributed by atoms with Crippen LogP contribution < -0.4 is 0 Å². The van der Waals surface area contributed by atoms with Gasteiger partial charge in [0.1, 0.15) is 12.3 Å². The van der Waals surface area contributed by atoms with E-state index in [1.165, 1.54) is 7.05 Å². The van der Waals surface area contributed by atoms with Gasteiger partial charge in [-0.25, -0.2) is 9.18 Å². The molecule has 0 aliphatic carbocycles. The standard InChI is InChI=1S/C12H14FNO3/c1-14(12(15)16)6-11-9-5-3-2-4-8(9)10(13)7-17-11/h2-5,10-11H,6-7H2,1H3,(H,15,16). The Balaban J connectivity index is 2.21. The van der Waals surface area contributed by atoms with Gasteiger partial charge in [0.05, 0.1) is 13.2 Å². The fourth-order valence-electron chi connectivity index (χ4n) is 1.95. The Hall–Kier alpha value is -1.62. The Morgan fingerprint density at radius 3 is 2.82 bits per heavy atom. The average Bonchev–Trinajstić information content (AvgIpc) is 2.33. The number of carbonyl (C=O) groups is 1. The van der Waals surface area contributed by atoms with Crippen molar-refractivity contribution in [2.24, 2.45) is 0 Å². The summed E-state index contributed by atoms with van der Waals surface area (Å²) >= 11 is 0. The molecular weight excluding hydrogens is 225 g/mol. The third kappa shape index (κ3) is 2.39. The molecule has 0 bridgehead atoms. The molecule has 4 nitrogen and oxygen atoms in total. The predicted octanol–water partition coefficient (Wildman–Crippen LogP) is 2.38. The lowest BCUT2D eigenvalue weighted by Crippen LogP contribution is -2.33. The van der Waals surface area contributed by atoms with Gasteiger partial charge in [-0.05, 0) is 11.1 Å². The van der Waals surface area contributed by atoms with Crippen LogP contribution >= 0.6 is 0 Å². The van der Waals surface area contributed by atoms with Gasteiger partial charge < -0.3 is 14.7 Å².